The summed E-state index contributed by atoms with van der Waals surface area (Å²) >= 11 is 12.2. The standard InChI is InChI=1S/C16H16Cl2FNO/c1-3-21-16-7-5-12(9-15(16)18)20-10(2)13-6-4-11(19)8-14(13)17/h4-10,20H,3H2,1-2H3. The normalized spacial score (nSPS) is 12.0. The minimum atomic E-state index is -0.347. The molecule has 0 amide bonds. The first-order valence-electron chi connectivity index (χ1n) is 6.65. The number of nitrogens with one attached hydrogen (secondary N) is 1. The summed E-state index contributed by atoms with van der Waals surface area (Å²) in [4.78, 5) is 0. The monoisotopic (exact) mass is 327 g/mol. The molecule has 2 nitrogen and oxygen atoms in total. The average molecular weight is 328 g/mol. The Morgan fingerprint density at radius 3 is 2.52 bits per heavy atom. The van der Waals surface area contributed by atoms with Crippen LogP contribution in [0, 0.1) is 5.82 Å². The third kappa shape index (κ3) is 4.02. The zero-order valence-electron chi connectivity index (χ0n) is 11.8. The molecule has 1 N–H and O–H groups in total. The van der Waals surface area contributed by atoms with Crippen LogP contribution in [-0.2, 0) is 0 Å². The molecule has 0 bridgehead atoms. The molecule has 112 valence electrons. The first-order valence-corrected chi connectivity index (χ1v) is 7.40. The van der Waals surface area contributed by atoms with E-state index in [-0.39, 0.29) is 11.9 Å². The van der Waals surface area contributed by atoms with Crippen molar-refractivity contribution >= 4 is 28.9 Å². The quantitative estimate of drug-likeness (QED) is 0.760. The molecule has 21 heavy (non-hydrogen) atoms. The van der Waals surface area contributed by atoms with Gasteiger partial charge < -0.3 is 10.1 Å². The Balaban J connectivity index is 2.15. The highest BCUT2D eigenvalue weighted by Gasteiger charge is 2.11. The molecular weight excluding hydrogens is 312 g/mol. The number of hydrogen-bond acceptors (Lipinski definition) is 2. The minimum absolute atomic E-state index is 0.0767. The van der Waals surface area contributed by atoms with Crippen LogP contribution in [0.1, 0.15) is 25.5 Å². The Labute approximate surface area is 133 Å². The van der Waals surface area contributed by atoms with Crippen molar-refractivity contribution in [1.82, 2.24) is 0 Å². The van der Waals surface area contributed by atoms with Crippen LogP contribution in [0.5, 0.6) is 5.75 Å². The summed E-state index contributed by atoms with van der Waals surface area (Å²) in [6.07, 6.45) is 0. The number of halogens is 3. The van der Waals surface area contributed by atoms with Crippen molar-refractivity contribution in [3.63, 3.8) is 0 Å². The van der Waals surface area contributed by atoms with Gasteiger partial charge in [-0.1, -0.05) is 29.3 Å². The molecule has 0 aliphatic rings. The van der Waals surface area contributed by atoms with Gasteiger partial charge in [0.25, 0.3) is 0 Å². The van der Waals surface area contributed by atoms with Gasteiger partial charge in [-0.3, -0.25) is 0 Å². The molecule has 0 aliphatic heterocycles. The van der Waals surface area contributed by atoms with Gasteiger partial charge in [-0.25, -0.2) is 4.39 Å². The van der Waals surface area contributed by atoms with E-state index >= 15 is 0 Å². The summed E-state index contributed by atoms with van der Waals surface area (Å²) in [6, 6.07) is 9.78. The Morgan fingerprint density at radius 2 is 1.90 bits per heavy atom. The fraction of sp³-hybridized carbons (Fsp3) is 0.250. The lowest BCUT2D eigenvalue weighted by atomic mass is 10.1. The summed E-state index contributed by atoms with van der Waals surface area (Å²) in [5.41, 5.74) is 1.67. The van der Waals surface area contributed by atoms with Crippen LogP contribution >= 0.6 is 23.2 Å². The van der Waals surface area contributed by atoms with E-state index in [9.17, 15) is 4.39 Å². The number of anilines is 1. The predicted molar refractivity (Wildman–Crippen MR) is 86.1 cm³/mol. The molecule has 0 spiro atoms. The van der Waals surface area contributed by atoms with Crippen LogP contribution in [0.3, 0.4) is 0 Å². The maximum Gasteiger partial charge on any atom is 0.138 e. The highest BCUT2D eigenvalue weighted by Crippen LogP contribution is 2.31. The summed E-state index contributed by atoms with van der Waals surface area (Å²) in [5, 5.41) is 4.22. The fourth-order valence-electron chi connectivity index (χ4n) is 2.04. The minimum Gasteiger partial charge on any atom is -0.492 e. The fourth-order valence-corrected chi connectivity index (χ4v) is 2.61. The molecule has 2 rings (SSSR count). The summed E-state index contributed by atoms with van der Waals surface area (Å²) < 4.78 is 18.5. The van der Waals surface area contributed by atoms with Gasteiger partial charge in [0.15, 0.2) is 0 Å². The molecule has 1 unspecified atom stereocenters. The Kier molecular flexibility index (Phi) is 5.32. The van der Waals surface area contributed by atoms with Crippen molar-refractivity contribution in [3.05, 3.63) is 57.8 Å². The zero-order chi connectivity index (χ0) is 15.4. The SMILES string of the molecule is CCOc1ccc(NC(C)c2ccc(F)cc2Cl)cc1Cl. The molecule has 0 heterocycles. The largest absolute Gasteiger partial charge is 0.492 e. The lowest BCUT2D eigenvalue weighted by Crippen LogP contribution is -2.07. The van der Waals surface area contributed by atoms with Crippen molar-refractivity contribution in [2.24, 2.45) is 0 Å². The molecule has 0 saturated carbocycles. The molecule has 0 fully saturated rings. The van der Waals surface area contributed by atoms with Gasteiger partial charge in [-0.15, -0.1) is 0 Å². The van der Waals surface area contributed by atoms with Crippen molar-refractivity contribution in [2.75, 3.05) is 11.9 Å². The maximum atomic E-state index is 13.1. The van der Waals surface area contributed by atoms with E-state index in [1.807, 2.05) is 26.0 Å². The van der Waals surface area contributed by atoms with Gasteiger partial charge in [0, 0.05) is 16.8 Å². The second-order valence-electron chi connectivity index (χ2n) is 4.61. The second-order valence-corrected chi connectivity index (χ2v) is 5.42. The molecule has 1 atom stereocenters. The van der Waals surface area contributed by atoms with Crippen molar-refractivity contribution < 1.29 is 9.13 Å². The topological polar surface area (TPSA) is 21.3 Å². The van der Waals surface area contributed by atoms with Gasteiger partial charge in [-0.2, -0.15) is 0 Å². The van der Waals surface area contributed by atoms with E-state index in [2.05, 4.69) is 5.32 Å². The van der Waals surface area contributed by atoms with Crippen molar-refractivity contribution in [3.8, 4) is 5.75 Å². The van der Waals surface area contributed by atoms with Gasteiger partial charge in [-0.05, 0) is 49.7 Å². The predicted octanol–water partition coefficient (Wildman–Crippen LogP) is 5.70. The van der Waals surface area contributed by atoms with E-state index in [4.69, 9.17) is 27.9 Å². The maximum absolute atomic E-state index is 13.1. The smallest absolute Gasteiger partial charge is 0.138 e. The van der Waals surface area contributed by atoms with Gasteiger partial charge in [0.05, 0.1) is 11.6 Å². The van der Waals surface area contributed by atoms with Crippen molar-refractivity contribution in [2.45, 2.75) is 19.9 Å². The van der Waals surface area contributed by atoms with E-state index in [1.54, 1.807) is 12.1 Å². The Bertz CT molecular complexity index is 634. The van der Waals surface area contributed by atoms with Crippen LogP contribution < -0.4 is 10.1 Å². The van der Waals surface area contributed by atoms with Crippen LogP contribution in [0.25, 0.3) is 0 Å². The van der Waals surface area contributed by atoms with Crippen LogP contribution in [-0.4, -0.2) is 6.61 Å². The van der Waals surface area contributed by atoms with E-state index in [0.29, 0.717) is 22.4 Å². The number of rotatable bonds is 5. The van der Waals surface area contributed by atoms with E-state index in [1.165, 1.54) is 12.1 Å². The molecule has 0 aliphatic carbocycles. The summed E-state index contributed by atoms with van der Waals surface area (Å²) in [5.74, 6) is 0.303. The van der Waals surface area contributed by atoms with Gasteiger partial charge in [0.2, 0.25) is 0 Å². The lowest BCUT2D eigenvalue weighted by molar-refractivity contribution is 0.340. The zero-order valence-corrected chi connectivity index (χ0v) is 13.3. The molecule has 0 aromatic heterocycles. The molecule has 5 heteroatoms. The summed E-state index contributed by atoms with van der Waals surface area (Å²) in [7, 11) is 0. The Morgan fingerprint density at radius 1 is 1.14 bits per heavy atom. The highest BCUT2D eigenvalue weighted by molar-refractivity contribution is 6.32. The summed E-state index contributed by atoms with van der Waals surface area (Å²) in [6.45, 7) is 4.42. The molecule has 0 saturated heterocycles. The van der Waals surface area contributed by atoms with Crippen LogP contribution in [0.4, 0.5) is 10.1 Å². The molecule has 2 aromatic rings. The van der Waals surface area contributed by atoms with Crippen LogP contribution in [0.15, 0.2) is 36.4 Å². The lowest BCUT2D eigenvalue weighted by Gasteiger charge is -2.18. The van der Waals surface area contributed by atoms with Crippen molar-refractivity contribution in [1.29, 1.82) is 0 Å². The average Bonchev–Trinajstić information content (AvgIpc) is 2.41. The van der Waals surface area contributed by atoms with Gasteiger partial charge in [0.1, 0.15) is 11.6 Å². The first-order chi connectivity index (χ1) is 10.0. The first kappa shape index (κ1) is 15.9. The third-order valence-corrected chi connectivity index (χ3v) is 3.67. The third-order valence-electron chi connectivity index (χ3n) is 3.04. The Hall–Kier alpha value is -1.45. The van der Waals surface area contributed by atoms with Gasteiger partial charge >= 0.3 is 0 Å². The number of hydrogen-bond donors (Lipinski definition) is 1. The molecule has 0 radical (unpaired) electrons. The molecule has 2 aromatic carbocycles. The second kappa shape index (κ2) is 7.01. The highest BCUT2D eigenvalue weighted by atomic mass is 35.5. The number of ether oxygens (including phenoxy) is 1. The number of benzene rings is 2. The van der Waals surface area contributed by atoms with E-state index < -0.39 is 0 Å². The molecular formula is C16H16Cl2FNO. The van der Waals surface area contributed by atoms with Crippen LogP contribution in [0.2, 0.25) is 10.0 Å². The van der Waals surface area contributed by atoms with E-state index in [0.717, 1.165) is 11.3 Å².